The van der Waals surface area contributed by atoms with Crippen LogP contribution in [0, 0.1) is 5.92 Å². The lowest BCUT2D eigenvalue weighted by Gasteiger charge is -2.39. The number of benzene rings is 2. The fourth-order valence-electron chi connectivity index (χ4n) is 2.95. The minimum Gasteiger partial charge on any atom is -0.478 e. The van der Waals surface area contributed by atoms with Gasteiger partial charge < -0.3 is 20.3 Å². The molecule has 0 saturated heterocycles. The minimum absolute atomic E-state index is 0.0110. The number of nitrogens with one attached hydrogen (secondary N) is 1. The van der Waals surface area contributed by atoms with Crippen LogP contribution in [0.2, 0.25) is 0 Å². The van der Waals surface area contributed by atoms with Crippen molar-refractivity contribution < 1.29 is 36.2 Å². The number of esters is 1. The van der Waals surface area contributed by atoms with E-state index in [4.69, 9.17) is 21.8 Å². The van der Waals surface area contributed by atoms with Gasteiger partial charge in [-0.15, -0.1) is 0 Å². The zero-order valence-corrected chi connectivity index (χ0v) is 18.3. The molecule has 0 aromatic heterocycles. The van der Waals surface area contributed by atoms with Crippen molar-refractivity contribution in [1.82, 2.24) is 5.32 Å². The summed E-state index contributed by atoms with van der Waals surface area (Å²) in [6.07, 6.45) is 1.42. The Morgan fingerprint density at radius 3 is 2.12 bits per heavy atom. The lowest BCUT2D eigenvalue weighted by atomic mass is 9.77. The van der Waals surface area contributed by atoms with Gasteiger partial charge in [-0.3, -0.25) is 4.79 Å². The van der Waals surface area contributed by atoms with Crippen molar-refractivity contribution in [2.45, 2.75) is 32.3 Å². The number of carboxylic acids is 2. The first-order chi connectivity index (χ1) is 17.3. The Morgan fingerprint density at radius 1 is 1.09 bits per heavy atom. The van der Waals surface area contributed by atoms with Crippen molar-refractivity contribution in [3.63, 3.8) is 0 Å². The van der Waals surface area contributed by atoms with E-state index in [2.05, 4.69) is 5.32 Å². The van der Waals surface area contributed by atoms with Gasteiger partial charge in [0.1, 0.15) is 5.60 Å². The molecule has 2 unspecified atom stereocenters. The normalized spacial score (nSPS) is 15.5. The molecule has 0 saturated carbocycles. The third-order valence-electron chi connectivity index (χ3n) is 4.49. The Balaban J connectivity index is 0.000000738. The lowest BCUT2D eigenvalue weighted by molar-refractivity contribution is -0.167. The van der Waals surface area contributed by atoms with E-state index in [0.29, 0.717) is 18.7 Å². The molecule has 7 heteroatoms. The van der Waals surface area contributed by atoms with Crippen LogP contribution in [0.4, 0.5) is 0 Å². The summed E-state index contributed by atoms with van der Waals surface area (Å²) in [5.74, 6) is -3.37. The van der Waals surface area contributed by atoms with Gasteiger partial charge in [-0.2, -0.15) is 0 Å². The minimum atomic E-state index is -1.43. The summed E-state index contributed by atoms with van der Waals surface area (Å²) in [5, 5.41) is 18.7. The third-order valence-corrected chi connectivity index (χ3v) is 4.49. The third kappa shape index (κ3) is 8.73. The molecule has 2 aromatic carbocycles. The lowest BCUT2D eigenvalue weighted by Crippen LogP contribution is -2.44. The van der Waals surface area contributed by atoms with Gasteiger partial charge in [0.15, 0.2) is 0 Å². The first-order valence-electron chi connectivity index (χ1n) is 12.4. The zero-order valence-electron chi connectivity index (χ0n) is 23.3. The quantitative estimate of drug-likeness (QED) is 0.377. The molecule has 2 atom stereocenters. The number of hydrogen-bond acceptors (Lipinski definition) is 5. The zero-order chi connectivity index (χ0) is 28.3. The molecule has 0 fully saturated rings. The van der Waals surface area contributed by atoms with E-state index in [-0.39, 0.29) is 36.4 Å². The molecule has 3 N–H and O–H groups in total. The molecule has 0 aliphatic heterocycles. The maximum absolute atomic E-state index is 12.5. The first-order valence-corrected chi connectivity index (χ1v) is 9.93. The van der Waals surface area contributed by atoms with Crippen molar-refractivity contribution in [1.29, 1.82) is 0 Å². The molecular formula is C25H31NO6. The van der Waals surface area contributed by atoms with Crippen LogP contribution in [0.5, 0.6) is 0 Å². The highest BCUT2D eigenvalue weighted by atomic mass is 16.6. The number of rotatable bonds is 10. The van der Waals surface area contributed by atoms with Gasteiger partial charge in [0.2, 0.25) is 0 Å². The molecule has 7 nitrogen and oxygen atoms in total. The van der Waals surface area contributed by atoms with E-state index in [9.17, 15) is 14.4 Å². The molecule has 0 aliphatic rings. The number of ether oxygens (including phenoxy) is 1. The number of carboxylic acid groups (broad SMARTS) is 2. The summed E-state index contributed by atoms with van der Waals surface area (Å²) < 4.78 is 47.1. The van der Waals surface area contributed by atoms with Gasteiger partial charge in [0, 0.05) is 37.5 Å². The average molecular weight is 447 g/mol. The standard InChI is InChI=1S/C21H27NO2.C4H4O4/c1-4-20(23)24-21(17(2)16-22-3,19-13-9-6-10-14-19)15-18-11-7-5-8-12-18;5-3(6)1-2-4(7)8/h5-14,17,22H,4,15-16H2,1-3H3;1-2H,(H,5,6)(H,7,8)/b;2-1-/i6D,9D,10D,13D,14D;. The van der Waals surface area contributed by atoms with Crippen LogP contribution in [0.3, 0.4) is 0 Å². The molecule has 0 amide bonds. The molecule has 2 rings (SSSR count). The molecule has 0 radical (unpaired) electrons. The van der Waals surface area contributed by atoms with Crippen molar-refractivity contribution in [2.75, 3.05) is 13.6 Å². The summed E-state index contributed by atoms with van der Waals surface area (Å²) in [4.78, 5) is 31.6. The second-order valence-electron chi connectivity index (χ2n) is 6.85. The average Bonchev–Trinajstić information content (AvgIpc) is 2.86. The Labute approximate surface area is 195 Å². The summed E-state index contributed by atoms with van der Waals surface area (Å²) in [7, 11) is 1.76. The van der Waals surface area contributed by atoms with Crippen LogP contribution in [0.25, 0.3) is 0 Å². The Kier molecular flexibility index (Phi) is 8.29. The van der Waals surface area contributed by atoms with Gasteiger partial charge in [0.05, 0.1) is 6.85 Å². The topological polar surface area (TPSA) is 113 Å². The Hall–Kier alpha value is -3.45. The highest BCUT2D eigenvalue weighted by Crippen LogP contribution is 2.37. The van der Waals surface area contributed by atoms with Crippen LogP contribution < -0.4 is 5.32 Å². The predicted molar refractivity (Wildman–Crippen MR) is 122 cm³/mol. The summed E-state index contributed by atoms with van der Waals surface area (Å²) in [6, 6.07) is 7.26. The molecule has 0 aliphatic carbocycles. The SMILES string of the molecule is O=C(O)/C=C\C(=O)O.[2H]c1c([2H])c([2H])c(C(Cc2ccccc2)(OC(=O)CC)C(C)CNC)c([2H])c1[2H]. The van der Waals surface area contributed by atoms with Crippen LogP contribution in [0.15, 0.2) is 72.7 Å². The van der Waals surface area contributed by atoms with E-state index in [1.807, 2.05) is 37.3 Å². The number of carbonyl (C=O) groups is 3. The van der Waals surface area contributed by atoms with Crippen molar-refractivity contribution >= 4 is 17.9 Å². The highest BCUT2D eigenvalue weighted by molar-refractivity contribution is 5.89. The molecule has 172 valence electrons. The second-order valence-corrected chi connectivity index (χ2v) is 6.85. The summed E-state index contributed by atoms with van der Waals surface area (Å²) in [5.41, 5.74) is -0.576. The molecular weight excluding hydrogens is 410 g/mol. The fourth-order valence-corrected chi connectivity index (χ4v) is 2.95. The van der Waals surface area contributed by atoms with Crippen molar-refractivity contribution in [3.8, 4) is 0 Å². The molecule has 0 heterocycles. The maximum atomic E-state index is 12.5. The van der Waals surface area contributed by atoms with Gasteiger partial charge in [-0.25, -0.2) is 9.59 Å². The molecule has 32 heavy (non-hydrogen) atoms. The predicted octanol–water partition coefficient (Wildman–Crippen LogP) is 3.65. The summed E-state index contributed by atoms with van der Waals surface area (Å²) >= 11 is 0. The Morgan fingerprint density at radius 2 is 1.66 bits per heavy atom. The summed E-state index contributed by atoms with van der Waals surface area (Å²) in [6.45, 7) is 3.94. The van der Waals surface area contributed by atoms with E-state index in [1.54, 1.807) is 14.0 Å². The van der Waals surface area contributed by atoms with E-state index in [1.165, 1.54) is 0 Å². The van der Waals surface area contributed by atoms with Crippen LogP contribution in [0.1, 0.15) is 38.2 Å². The van der Waals surface area contributed by atoms with Crippen LogP contribution in [-0.4, -0.2) is 41.7 Å². The number of aliphatic carboxylic acids is 2. The molecule has 2 aromatic rings. The van der Waals surface area contributed by atoms with Crippen molar-refractivity contribution in [2.24, 2.45) is 5.92 Å². The first kappa shape index (κ1) is 19.3. The van der Waals surface area contributed by atoms with Gasteiger partial charge in [-0.1, -0.05) is 74.4 Å². The van der Waals surface area contributed by atoms with Crippen LogP contribution >= 0.6 is 0 Å². The van der Waals surface area contributed by atoms with E-state index in [0.717, 1.165) is 5.56 Å². The highest BCUT2D eigenvalue weighted by Gasteiger charge is 2.41. The van der Waals surface area contributed by atoms with Crippen LogP contribution in [-0.2, 0) is 31.1 Å². The largest absolute Gasteiger partial charge is 0.478 e. The maximum Gasteiger partial charge on any atom is 0.328 e. The smallest absolute Gasteiger partial charge is 0.328 e. The second kappa shape index (κ2) is 13.8. The molecule has 0 bridgehead atoms. The van der Waals surface area contributed by atoms with Crippen molar-refractivity contribution in [3.05, 3.63) is 83.8 Å². The number of carbonyl (C=O) groups excluding carboxylic acids is 1. The molecule has 0 spiro atoms. The monoisotopic (exact) mass is 446 g/mol. The van der Waals surface area contributed by atoms with Gasteiger partial charge in [-0.05, 0) is 18.2 Å². The fraction of sp³-hybridized carbons (Fsp3) is 0.320. The van der Waals surface area contributed by atoms with E-state index >= 15 is 0 Å². The van der Waals surface area contributed by atoms with Gasteiger partial charge >= 0.3 is 17.9 Å². The van der Waals surface area contributed by atoms with E-state index < -0.39 is 41.6 Å². The Bertz CT molecular complexity index is 1100. The van der Waals surface area contributed by atoms with Gasteiger partial charge in [0.25, 0.3) is 0 Å². The number of hydrogen-bond donors (Lipinski definition) is 3.